The maximum Gasteiger partial charge on any atom is 0.313 e. The van der Waals surface area contributed by atoms with Crippen molar-refractivity contribution >= 4 is 17.5 Å². The summed E-state index contributed by atoms with van der Waals surface area (Å²) in [6, 6.07) is 7.88. The number of pyridine rings is 1. The highest BCUT2D eigenvalue weighted by molar-refractivity contribution is 6.39. The maximum absolute atomic E-state index is 12.9. The second-order valence-electron chi connectivity index (χ2n) is 5.07. The molecule has 2 N–H and O–H groups in total. The van der Waals surface area contributed by atoms with E-state index in [1.54, 1.807) is 6.92 Å². The molecule has 1 aromatic carbocycles. The molecule has 7 heteroatoms. The zero-order valence-corrected chi connectivity index (χ0v) is 12.7. The first-order valence-corrected chi connectivity index (χ1v) is 6.91. The van der Waals surface area contributed by atoms with E-state index in [9.17, 15) is 18.8 Å². The molecule has 2 rings (SSSR count). The van der Waals surface area contributed by atoms with Crippen LogP contribution in [0.2, 0.25) is 0 Å². The summed E-state index contributed by atoms with van der Waals surface area (Å²) in [4.78, 5) is 35.0. The van der Waals surface area contributed by atoms with E-state index in [0.717, 1.165) is 0 Å². The summed E-state index contributed by atoms with van der Waals surface area (Å²) in [5.41, 5.74) is 0.786. The number of aromatic nitrogens is 1. The van der Waals surface area contributed by atoms with Gasteiger partial charge in [-0.05, 0) is 30.7 Å². The van der Waals surface area contributed by atoms with Crippen molar-refractivity contribution < 1.29 is 14.0 Å². The number of carbonyl (C=O) groups excluding carboxylic acids is 2. The molecule has 0 bridgehead atoms. The van der Waals surface area contributed by atoms with Gasteiger partial charge in [0, 0.05) is 19.3 Å². The number of nitrogens with zero attached hydrogens (tertiary/aromatic N) is 1. The molecule has 0 spiro atoms. The number of aryl methyl sites for hydroxylation is 1. The number of carbonyl (C=O) groups is 2. The van der Waals surface area contributed by atoms with Gasteiger partial charge >= 0.3 is 11.8 Å². The fourth-order valence-electron chi connectivity index (χ4n) is 1.95. The van der Waals surface area contributed by atoms with Crippen LogP contribution in [0.5, 0.6) is 0 Å². The highest BCUT2D eigenvalue weighted by Crippen LogP contribution is 2.12. The molecule has 1 heterocycles. The first kappa shape index (κ1) is 16.4. The quantitative estimate of drug-likeness (QED) is 0.838. The molecule has 0 aliphatic carbocycles. The smallest absolute Gasteiger partial charge is 0.313 e. The van der Waals surface area contributed by atoms with Crippen molar-refractivity contribution in [1.82, 2.24) is 9.88 Å². The average Bonchev–Trinajstić information content (AvgIpc) is 2.51. The molecular formula is C16H16FN3O3. The van der Waals surface area contributed by atoms with Crippen LogP contribution in [-0.2, 0) is 16.6 Å². The second kappa shape index (κ2) is 6.87. The van der Waals surface area contributed by atoms with Gasteiger partial charge in [-0.15, -0.1) is 0 Å². The molecule has 0 fully saturated rings. The van der Waals surface area contributed by atoms with Gasteiger partial charge in [-0.1, -0.05) is 12.1 Å². The first-order valence-electron chi connectivity index (χ1n) is 6.91. The summed E-state index contributed by atoms with van der Waals surface area (Å²) in [5, 5.41) is 4.92. The van der Waals surface area contributed by atoms with Crippen molar-refractivity contribution in [2.75, 3.05) is 5.32 Å². The SMILES string of the molecule is CC(NC(=O)C(=O)Nc1ccc(=O)n(C)c1)c1ccc(F)cc1. The van der Waals surface area contributed by atoms with Gasteiger partial charge in [0.05, 0.1) is 11.7 Å². The first-order chi connectivity index (χ1) is 10.9. The van der Waals surface area contributed by atoms with Crippen molar-refractivity contribution in [2.24, 2.45) is 7.05 Å². The lowest BCUT2D eigenvalue weighted by molar-refractivity contribution is -0.136. The fraction of sp³-hybridized carbons (Fsp3) is 0.188. The Bertz CT molecular complexity index is 784. The number of hydrogen-bond acceptors (Lipinski definition) is 3. The van der Waals surface area contributed by atoms with Gasteiger partial charge in [-0.25, -0.2) is 4.39 Å². The van der Waals surface area contributed by atoms with Gasteiger partial charge < -0.3 is 15.2 Å². The van der Waals surface area contributed by atoms with Crippen LogP contribution < -0.4 is 16.2 Å². The Morgan fingerprint density at radius 1 is 1.09 bits per heavy atom. The molecular weight excluding hydrogens is 301 g/mol. The van der Waals surface area contributed by atoms with Crippen LogP contribution in [0.25, 0.3) is 0 Å². The molecule has 6 nitrogen and oxygen atoms in total. The minimum atomic E-state index is -0.849. The third-order valence-corrected chi connectivity index (χ3v) is 3.27. The largest absolute Gasteiger partial charge is 0.341 e. The Balaban J connectivity index is 1.99. The monoisotopic (exact) mass is 317 g/mol. The van der Waals surface area contributed by atoms with Gasteiger partial charge in [-0.3, -0.25) is 14.4 Å². The molecule has 0 aliphatic rings. The van der Waals surface area contributed by atoms with Crippen molar-refractivity contribution in [1.29, 1.82) is 0 Å². The molecule has 0 aliphatic heterocycles. The van der Waals surface area contributed by atoms with E-state index in [2.05, 4.69) is 10.6 Å². The highest BCUT2D eigenvalue weighted by atomic mass is 19.1. The number of anilines is 1. The summed E-state index contributed by atoms with van der Waals surface area (Å²) in [5.74, 6) is -2.05. The topological polar surface area (TPSA) is 80.2 Å². The second-order valence-corrected chi connectivity index (χ2v) is 5.07. The standard InChI is InChI=1S/C16H16FN3O3/c1-10(11-3-5-12(17)6-4-11)18-15(22)16(23)19-13-7-8-14(21)20(2)9-13/h3-10H,1-2H3,(H,18,22)(H,19,23). The lowest BCUT2D eigenvalue weighted by atomic mass is 10.1. The van der Waals surface area contributed by atoms with Crippen molar-refractivity contribution in [3.8, 4) is 0 Å². The Labute approximate surface area is 131 Å². The van der Waals surface area contributed by atoms with E-state index in [1.807, 2.05) is 0 Å². The van der Waals surface area contributed by atoms with Crippen LogP contribution in [0.3, 0.4) is 0 Å². The van der Waals surface area contributed by atoms with Crippen LogP contribution in [0.4, 0.5) is 10.1 Å². The highest BCUT2D eigenvalue weighted by Gasteiger charge is 2.17. The predicted octanol–water partition coefficient (Wildman–Crippen LogP) is 1.34. The molecule has 0 saturated heterocycles. The van der Waals surface area contributed by atoms with Crippen molar-refractivity contribution in [2.45, 2.75) is 13.0 Å². The van der Waals surface area contributed by atoms with E-state index in [0.29, 0.717) is 11.3 Å². The number of nitrogens with one attached hydrogen (secondary N) is 2. The van der Waals surface area contributed by atoms with E-state index in [-0.39, 0.29) is 11.4 Å². The summed E-state index contributed by atoms with van der Waals surface area (Å²) in [6.07, 6.45) is 1.41. The van der Waals surface area contributed by atoms with Gasteiger partial charge in [0.25, 0.3) is 0 Å². The van der Waals surface area contributed by atoms with Crippen molar-refractivity contribution in [3.63, 3.8) is 0 Å². The number of hydrogen-bond donors (Lipinski definition) is 2. The van der Waals surface area contributed by atoms with Crippen LogP contribution in [0.15, 0.2) is 47.4 Å². The molecule has 2 amide bonds. The number of benzene rings is 1. The number of amides is 2. The fourth-order valence-corrected chi connectivity index (χ4v) is 1.95. The van der Waals surface area contributed by atoms with Crippen LogP contribution in [0.1, 0.15) is 18.5 Å². The average molecular weight is 317 g/mol. The summed E-state index contributed by atoms with van der Waals surface area (Å²) < 4.78 is 14.2. The van der Waals surface area contributed by atoms with Crippen LogP contribution in [-0.4, -0.2) is 16.4 Å². The Kier molecular flexibility index (Phi) is 4.90. The molecule has 1 aromatic heterocycles. The lowest BCUT2D eigenvalue weighted by Crippen LogP contribution is -2.37. The Morgan fingerprint density at radius 3 is 2.35 bits per heavy atom. The molecule has 23 heavy (non-hydrogen) atoms. The van der Waals surface area contributed by atoms with Crippen LogP contribution in [0, 0.1) is 5.82 Å². The Morgan fingerprint density at radius 2 is 1.74 bits per heavy atom. The van der Waals surface area contributed by atoms with Gasteiger partial charge in [0.15, 0.2) is 0 Å². The summed E-state index contributed by atoms with van der Waals surface area (Å²) >= 11 is 0. The zero-order valence-electron chi connectivity index (χ0n) is 12.7. The third kappa shape index (κ3) is 4.26. The number of halogens is 1. The van der Waals surface area contributed by atoms with Gasteiger partial charge in [0.1, 0.15) is 5.82 Å². The number of rotatable bonds is 3. The predicted molar refractivity (Wildman–Crippen MR) is 83.3 cm³/mol. The molecule has 1 atom stereocenters. The van der Waals surface area contributed by atoms with E-state index in [4.69, 9.17) is 0 Å². The third-order valence-electron chi connectivity index (χ3n) is 3.27. The van der Waals surface area contributed by atoms with E-state index < -0.39 is 17.9 Å². The zero-order chi connectivity index (χ0) is 17.0. The van der Waals surface area contributed by atoms with Gasteiger partial charge in [0.2, 0.25) is 5.56 Å². The van der Waals surface area contributed by atoms with Crippen molar-refractivity contribution in [3.05, 3.63) is 64.3 Å². The normalized spacial score (nSPS) is 11.6. The molecule has 0 saturated carbocycles. The Hall–Kier alpha value is -2.96. The molecule has 2 aromatic rings. The molecule has 0 radical (unpaired) electrons. The van der Waals surface area contributed by atoms with E-state index in [1.165, 1.54) is 54.2 Å². The van der Waals surface area contributed by atoms with Gasteiger partial charge in [-0.2, -0.15) is 0 Å². The summed E-state index contributed by atoms with van der Waals surface area (Å²) in [6.45, 7) is 1.69. The minimum absolute atomic E-state index is 0.225. The summed E-state index contributed by atoms with van der Waals surface area (Å²) in [7, 11) is 1.54. The van der Waals surface area contributed by atoms with E-state index >= 15 is 0 Å². The minimum Gasteiger partial charge on any atom is -0.341 e. The lowest BCUT2D eigenvalue weighted by Gasteiger charge is -2.14. The molecule has 120 valence electrons. The van der Waals surface area contributed by atoms with Crippen LogP contribution >= 0.6 is 0 Å². The maximum atomic E-state index is 12.9. The molecule has 1 unspecified atom stereocenters.